The predicted octanol–water partition coefficient (Wildman–Crippen LogP) is 4.18. The molecule has 0 bridgehead atoms. The number of aryl methyl sites for hydroxylation is 2. The molecular formula is C18H31N3OS. The lowest BCUT2D eigenvalue weighted by atomic mass is 10.1. The lowest BCUT2D eigenvalue weighted by Crippen LogP contribution is -2.39. The second-order valence-electron chi connectivity index (χ2n) is 6.06. The van der Waals surface area contributed by atoms with Crippen LogP contribution in [0.2, 0.25) is 0 Å². The normalized spacial score (nSPS) is 12.3. The van der Waals surface area contributed by atoms with Crippen molar-refractivity contribution in [1.82, 2.24) is 14.9 Å². The monoisotopic (exact) mass is 337 g/mol. The summed E-state index contributed by atoms with van der Waals surface area (Å²) in [5.41, 5.74) is 3.12. The number of hydrogen-bond acceptors (Lipinski definition) is 4. The molecule has 1 unspecified atom stereocenters. The van der Waals surface area contributed by atoms with E-state index in [0.29, 0.717) is 12.5 Å². The molecule has 23 heavy (non-hydrogen) atoms. The Morgan fingerprint density at radius 3 is 2.30 bits per heavy atom. The minimum Gasteiger partial charge on any atom is -0.340 e. The Hall–Kier alpha value is -1.10. The number of amides is 1. The number of carbonyl (C=O) groups excluding carboxylic acids is 1. The van der Waals surface area contributed by atoms with Crippen molar-refractivity contribution in [1.29, 1.82) is 0 Å². The molecule has 0 saturated carbocycles. The summed E-state index contributed by atoms with van der Waals surface area (Å²) in [7, 11) is 0. The highest BCUT2D eigenvalue weighted by atomic mass is 32.2. The molecule has 1 aromatic heterocycles. The largest absolute Gasteiger partial charge is 0.340 e. The van der Waals surface area contributed by atoms with Gasteiger partial charge in [0, 0.05) is 30.4 Å². The molecule has 0 saturated heterocycles. The molecule has 0 aromatic carbocycles. The van der Waals surface area contributed by atoms with Crippen molar-refractivity contribution in [2.75, 3.05) is 12.8 Å². The minimum absolute atomic E-state index is 0.251. The lowest BCUT2D eigenvalue weighted by Gasteiger charge is -2.29. The first-order chi connectivity index (χ1) is 10.9. The molecule has 130 valence electrons. The number of aromatic nitrogens is 2. The third kappa shape index (κ3) is 5.79. The Balaban J connectivity index is 2.77. The van der Waals surface area contributed by atoms with Crippen LogP contribution in [0, 0.1) is 13.8 Å². The van der Waals surface area contributed by atoms with Crippen LogP contribution in [0.25, 0.3) is 0 Å². The second-order valence-corrected chi connectivity index (χ2v) is 6.83. The van der Waals surface area contributed by atoms with Gasteiger partial charge in [0.2, 0.25) is 5.91 Å². The van der Waals surface area contributed by atoms with Gasteiger partial charge in [0.15, 0.2) is 5.16 Å². The summed E-state index contributed by atoms with van der Waals surface area (Å²) in [6.07, 6.45) is 6.43. The third-order valence-corrected chi connectivity index (χ3v) is 4.92. The molecule has 1 rings (SSSR count). The topological polar surface area (TPSA) is 46.1 Å². The van der Waals surface area contributed by atoms with Gasteiger partial charge in [0.25, 0.3) is 0 Å². The van der Waals surface area contributed by atoms with Gasteiger partial charge in [-0.05, 0) is 51.9 Å². The van der Waals surface area contributed by atoms with E-state index >= 15 is 0 Å². The molecule has 4 nitrogen and oxygen atoms in total. The van der Waals surface area contributed by atoms with Crippen LogP contribution in [0.1, 0.15) is 63.4 Å². The quantitative estimate of drug-likeness (QED) is 0.501. The average Bonchev–Trinajstić information content (AvgIpc) is 2.53. The number of unbranched alkanes of at least 4 members (excludes halogenated alkanes) is 1. The third-order valence-electron chi connectivity index (χ3n) is 4.37. The first-order valence-electron chi connectivity index (χ1n) is 8.62. The fraction of sp³-hybridized carbons (Fsp3) is 0.722. The average molecular weight is 338 g/mol. The highest BCUT2D eigenvalue weighted by molar-refractivity contribution is 7.98. The Bertz CT molecular complexity index is 496. The second kappa shape index (κ2) is 9.91. The zero-order valence-electron chi connectivity index (χ0n) is 15.5. The standard InChI is InChI=1S/C18H31N3OS/c1-7-9-12-21(13(3)8-2)17(22)11-10-16-14(4)19-18(23-6)20-15(16)5/h13H,7-12H2,1-6H3. The number of hydrogen-bond donors (Lipinski definition) is 0. The van der Waals surface area contributed by atoms with Crippen molar-refractivity contribution >= 4 is 17.7 Å². The van der Waals surface area contributed by atoms with Gasteiger partial charge in [-0.1, -0.05) is 32.0 Å². The molecule has 0 aliphatic carbocycles. The van der Waals surface area contributed by atoms with E-state index in [1.165, 1.54) is 0 Å². The van der Waals surface area contributed by atoms with E-state index < -0.39 is 0 Å². The van der Waals surface area contributed by atoms with Gasteiger partial charge in [0.1, 0.15) is 0 Å². The maximum absolute atomic E-state index is 12.6. The van der Waals surface area contributed by atoms with E-state index in [4.69, 9.17) is 0 Å². The molecule has 0 N–H and O–H groups in total. The summed E-state index contributed by atoms with van der Waals surface area (Å²) in [6, 6.07) is 0.311. The van der Waals surface area contributed by atoms with Crippen LogP contribution in [0.3, 0.4) is 0 Å². The fourth-order valence-corrected chi connectivity index (χ4v) is 3.13. The van der Waals surface area contributed by atoms with Gasteiger partial charge in [-0.3, -0.25) is 4.79 Å². The van der Waals surface area contributed by atoms with Gasteiger partial charge in [-0.2, -0.15) is 0 Å². The summed E-state index contributed by atoms with van der Waals surface area (Å²) in [4.78, 5) is 23.7. The predicted molar refractivity (Wildman–Crippen MR) is 98.0 cm³/mol. The molecule has 1 atom stereocenters. The van der Waals surface area contributed by atoms with Crippen LogP contribution >= 0.6 is 11.8 Å². The first-order valence-corrected chi connectivity index (χ1v) is 9.84. The molecule has 1 heterocycles. The van der Waals surface area contributed by atoms with E-state index in [-0.39, 0.29) is 5.91 Å². The summed E-state index contributed by atoms with van der Waals surface area (Å²) < 4.78 is 0. The highest BCUT2D eigenvalue weighted by Gasteiger charge is 2.19. The van der Waals surface area contributed by atoms with Crippen LogP contribution in [0.4, 0.5) is 0 Å². The number of rotatable bonds is 9. The molecule has 1 aromatic rings. The highest BCUT2D eigenvalue weighted by Crippen LogP contribution is 2.18. The molecular weight excluding hydrogens is 306 g/mol. The Morgan fingerprint density at radius 1 is 1.22 bits per heavy atom. The lowest BCUT2D eigenvalue weighted by molar-refractivity contribution is -0.133. The number of nitrogens with zero attached hydrogens (tertiary/aromatic N) is 3. The minimum atomic E-state index is 0.251. The van der Waals surface area contributed by atoms with Crippen LogP contribution in [0.15, 0.2) is 5.16 Å². The van der Waals surface area contributed by atoms with Crippen molar-refractivity contribution in [3.63, 3.8) is 0 Å². The van der Waals surface area contributed by atoms with E-state index in [1.54, 1.807) is 11.8 Å². The Kier molecular flexibility index (Phi) is 8.59. The van der Waals surface area contributed by atoms with Gasteiger partial charge < -0.3 is 4.90 Å². The molecule has 0 aliphatic heterocycles. The van der Waals surface area contributed by atoms with Crippen molar-refractivity contribution in [2.24, 2.45) is 0 Å². The maximum atomic E-state index is 12.6. The van der Waals surface area contributed by atoms with Crippen LogP contribution in [0.5, 0.6) is 0 Å². The molecule has 0 spiro atoms. The van der Waals surface area contributed by atoms with E-state index in [9.17, 15) is 4.79 Å². The maximum Gasteiger partial charge on any atom is 0.223 e. The van der Waals surface area contributed by atoms with E-state index in [0.717, 1.165) is 54.3 Å². The van der Waals surface area contributed by atoms with Crippen molar-refractivity contribution in [2.45, 2.75) is 77.9 Å². The van der Waals surface area contributed by atoms with Gasteiger partial charge in [-0.15, -0.1) is 0 Å². The molecule has 0 fully saturated rings. The van der Waals surface area contributed by atoms with Gasteiger partial charge in [-0.25, -0.2) is 9.97 Å². The number of thioether (sulfide) groups is 1. The molecule has 5 heteroatoms. The fourth-order valence-electron chi connectivity index (χ4n) is 2.68. The smallest absolute Gasteiger partial charge is 0.223 e. The van der Waals surface area contributed by atoms with Crippen LogP contribution in [-0.4, -0.2) is 39.6 Å². The Morgan fingerprint density at radius 2 is 1.83 bits per heavy atom. The van der Waals surface area contributed by atoms with Crippen LogP contribution in [-0.2, 0) is 11.2 Å². The first kappa shape index (κ1) is 19.9. The summed E-state index contributed by atoms with van der Waals surface area (Å²) in [5, 5.41) is 0.805. The molecule has 0 aliphatic rings. The molecule has 0 radical (unpaired) electrons. The van der Waals surface area contributed by atoms with Crippen molar-refractivity contribution in [3.05, 3.63) is 17.0 Å². The summed E-state index contributed by atoms with van der Waals surface area (Å²) >= 11 is 1.55. The van der Waals surface area contributed by atoms with Crippen molar-refractivity contribution in [3.8, 4) is 0 Å². The van der Waals surface area contributed by atoms with Gasteiger partial charge >= 0.3 is 0 Å². The SMILES string of the molecule is CCCCN(C(=O)CCc1c(C)nc(SC)nc1C)C(C)CC. The van der Waals surface area contributed by atoms with Gasteiger partial charge in [0.05, 0.1) is 0 Å². The Labute approximate surface area is 145 Å². The van der Waals surface area contributed by atoms with E-state index in [1.807, 2.05) is 25.0 Å². The summed E-state index contributed by atoms with van der Waals surface area (Å²) in [6.45, 7) is 11.3. The zero-order valence-corrected chi connectivity index (χ0v) is 16.3. The number of carbonyl (C=O) groups is 1. The van der Waals surface area contributed by atoms with Crippen molar-refractivity contribution < 1.29 is 4.79 Å². The molecule has 1 amide bonds. The summed E-state index contributed by atoms with van der Waals surface area (Å²) in [5.74, 6) is 0.251. The van der Waals surface area contributed by atoms with Crippen LogP contribution < -0.4 is 0 Å². The van der Waals surface area contributed by atoms with E-state index in [2.05, 4.69) is 30.7 Å². The zero-order chi connectivity index (χ0) is 17.4.